The topological polar surface area (TPSA) is 93.4 Å². The number of nitrogens with zero attached hydrogens (tertiary/aromatic N) is 3. The van der Waals surface area contributed by atoms with Gasteiger partial charge in [-0.3, -0.25) is 9.69 Å². The molecule has 3 N–H and O–H groups in total. The van der Waals surface area contributed by atoms with Crippen LogP contribution >= 0.6 is 0 Å². The van der Waals surface area contributed by atoms with Gasteiger partial charge in [-0.25, -0.2) is 9.97 Å². The molecule has 0 spiro atoms. The summed E-state index contributed by atoms with van der Waals surface area (Å²) in [7, 11) is 0. The summed E-state index contributed by atoms with van der Waals surface area (Å²) in [5.74, 6) is 1.10. The summed E-state index contributed by atoms with van der Waals surface area (Å²) in [4.78, 5) is 23.6. The minimum Gasteiger partial charge on any atom is -0.492 e. The van der Waals surface area contributed by atoms with E-state index >= 15 is 0 Å². The predicted octanol–water partition coefficient (Wildman–Crippen LogP) is 4.02. The maximum atomic E-state index is 12.8. The van der Waals surface area contributed by atoms with Gasteiger partial charge in [-0.05, 0) is 65.4 Å². The zero-order valence-electron chi connectivity index (χ0n) is 20.6. The standard InChI is InChI=1S/C30H29N5O2/c31-30-33-13-11-27(34-30)21-6-7-23-17-35(18-25(23)14-21)26-16-24-15-22(8-9-28(24)37-19-26)29(36)32-12-10-20-4-2-1-3-5-20/h1-9,11,13-15,26H,10,12,16-19H2,(H,32,36)(H2,31,33,34). The number of nitrogen functional groups attached to an aromatic ring is 1. The van der Waals surface area contributed by atoms with Gasteiger partial charge in [0.25, 0.3) is 5.91 Å². The first-order valence-electron chi connectivity index (χ1n) is 12.6. The molecule has 37 heavy (non-hydrogen) atoms. The zero-order valence-corrected chi connectivity index (χ0v) is 20.6. The molecule has 1 amide bonds. The molecule has 0 aliphatic carbocycles. The Labute approximate surface area is 216 Å². The third-order valence-corrected chi connectivity index (χ3v) is 7.19. The molecule has 1 unspecified atom stereocenters. The van der Waals surface area contributed by atoms with Crippen molar-refractivity contribution in [3.8, 4) is 17.0 Å². The van der Waals surface area contributed by atoms with Gasteiger partial charge < -0.3 is 15.8 Å². The quantitative estimate of drug-likeness (QED) is 0.423. The molecule has 3 heterocycles. The molecule has 1 aromatic heterocycles. The van der Waals surface area contributed by atoms with Crippen LogP contribution in [0.5, 0.6) is 5.75 Å². The Morgan fingerprint density at radius 3 is 2.73 bits per heavy atom. The number of nitrogens with two attached hydrogens (primary N) is 1. The maximum Gasteiger partial charge on any atom is 0.251 e. The number of ether oxygens (including phenoxy) is 1. The first-order valence-corrected chi connectivity index (χ1v) is 12.6. The van der Waals surface area contributed by atoms with Crippen LogP contribution in [0.4, 0.5) is 5.95 Å². The lowest BCUT2D eigenvalue weighted by atomic mass is 9.99. The van der Waals surface area contributed by atoms with Gasteiger partial charge in [0, 0.05) is 43.0 Å². The van der Waals surface area contributed by atoms with E-state index in [1.54, 1.807) is 6.20 Å². The molecule has 0 radical (unpaired) electrons. The summed E-state index contributed by atoms with van der Waals surface area (Å²) in [5.41, 5.74) is 13.2. The monoisotopic (exact) mass is 491 g/mol. The summed E-state index contributed by atoms with van der Waals surface area (Å²) in [6.07, 6.45) is 3.35. The van der Waals surface area contributed by atoms with E-state index in [1.807, 2.05) is 42.5 Å². The maximum absolute atomic E-state index is 12.8. The third-order valence-electron chi connectivity index (χ3n) is 7.19. The fourth-order valence-electron chi connectivity index (χ4n) is 5.19. The van der Waals surface area contributed by atoms with Gasteiger partial charge in [0.1, 0.15) is 12.4 Å². The predicted molar refractivity (Wildman–Crippen MR) is 143 cm³/mol. The Bertz CT molecular complexity index is 1440. The number of anilines is 1. The number of carbonyl (C=O) groups excluding carboxylic acids is 1. The minimum absolute atomic E-state index is 0.0488. The lowest BCUT2D eigenvalue weighted by molar-refractivity contribution is 0.0953. The molecule has 3 aromatic carbocycles. The number of rotatable bonds is 6. The van der Waals surface area contributed by atoms with E-state index in [-0.39, 0.29) is 17.9 Å². The Morgan fingerprint density at radius 2 is 1.86 bits per heavy atom. The second-order valence-corrected chi connectivity index (χ2v) is 9.67. The Hall–Kier alpha value is -4.23. The van der Waals surface area contributed by atoms with Crippen molar-refractivity contribution in [3.05, 3.63) is 107 Å². The van der Waals surface area contributed by atoms with Crippen LogP contribution in [-0.2, 0) is 25.9 Å². The van der Waals surface area contributed by atoms with Crippen molar-refractivity contribution < 1.29 is 9.53 Å². The van der Waals surface area contributed by atoms with E-state index in [4.69, 9.17) is 10.5 Å². The number of nitrogens with one attached hydrogen (secondary N) is 1. The first kappa shape index (κ1) is 23.2. The second kappa shape index (κ2) is 10.0. The van der Waals surface area contributed by atoms with Gasteiger partial charge in [-0.2, -0.15) is 0 Å². The van der Waals surface area contributed by atoms with Crippen LogP contribution in [0, 0.1) is 0 Å². The number of hydrogen-bond donors (Lipinski definition) is 2. The highest BCUT2D eigenvalue weighted by Gasteiger charge is 2.30. The van der Waals surface area contributed by atoms with Gasteiger partial charge in [0.15, 0.2) is 0 Å². The van der Waals surface area contributed by atoms with Gasteiger partial charge in [-0.1, -0.05) is 42.5 Å². The van der Waals surface area contributed by atoms with Gasteiger partial charge >= 0.3 is 0 Å². The van der Waals surface area contributed by atoms with Crippen molar-refractivity contribution in [2.75, 3.05) is 18.9 Å². The van der Waals surface area contributed by atoms with E-state index in [9.17, 15) is 4.79 Å². The second-order valence-electron chi connectivity index (χ2n) is 9.67. The minimum atomic E-state index is -0.0488. The van der Waals surface area contributed by atoms with Crippen molar-refractivity contribution in [3.63, 3.8) is 0 Å². The van der Waals surface area contributed by atoms with Crippen LogP contribution in [0.1, 0.15) is 32.6 Å². The molecule has 2 aliphatic heterocycles. The van der Waals surface area contributed by atoms with E-state index in [1.165, 1.54) is 16.7 Å². The van der Waals surface area contributed by atoms with Gasteiger partial charge in [0.05, 0.1) is 5.69 Å². The Kier molecular flexibility index (Phi) is 6.28. The fraction of sp³-hybridized carbons (Fsp3) is 0.233. The molecule has 0 saturated carbocycles. The van der Waals surface area contributed by atoms with Crippen molar-refractivity contribution in [2.45, 2.75) is 32.0 Å². The van der Waals surface area contributed by atoms with Crippen molar-refractivity contribution >= 4 is 11.9 Å². The van der Waals surface area contributed by atoms with Crippen LogP contribution in [0.3, 0.4) is 0 Å². The highest BCUT2D eigenvalue weighted by atomic mass is 16.5. The molecule has 6 rings (SSSR count). The molecular formula is C30H29N5O2. The number of fused-ring (bicyclic) bond motifs is 2. The van der Waals surface area contributed by atoms with Crippen LogP contribution in [0.2, 0.25) is 0 Å². The highest BCUT2D eigenvalue weighted by Crippen LogP contribution is 2.33. The Morgan fingerprint density at radius 1 is 1.00 bits per heavy atom. The molecule has 2 aliphatic rings. The van der Waals surface area contributed by atoms with E-state index < -0.39 is 0 Å². The molecule has 7 nitrogen and oxygen atoms in total. The largest absolute Gasteiger partial charge is 0.492 e. The highest BCUT2D eigenvalue weighted by molar-refractivity contribution is 5.94. The van der Waals surface area contributed by atoms with Crippen LogP contribution < -0.4 is 15.8 Å². The van der Waals surface area contributed by atoms with Crippen LogP contribution in [0.25, 0.3) is 11.3 Å². The van der Waals surface area contributed by atoms with Crippen molar-refractivity contribution in [2.24, 2.45) is 0 Å². The van der Waals surface area contributed by atoms with Gasteiger partial charge in [0.2, 0.25) is 5.95 Å². The smallest absolute Gasteiger partial charge is 0.251 e. The molecule has 0 saturated heterocycles. The number of carbonyl (C=O) groups is 1. The molecule has 0 fully saturated rings. The average molecular weight is 492 g/mol. The Balaban J connectivity index is 1.10. The van der Waals surface area contributed by atoms with E-state index in [0.717, 1.165) is 48.5 Å². The SMILES string of the molecule is Nc1nccc(-c2ccc3c(c2)CN(C2COc4ccc(C(=O)NCCc5ccccc5)cc4C2)C3)n1. The van der Waals surface area contributed by atoms with Crippen LogP contribution in [-0.4, -0.2) is 40.0 Å². The summed E-state index contributed by atoms with van der Waals surface area (Å²) >= 11 is 0. The zero-order chi connectivity index (χ0) is 25.2. The molecule has 0 bridgehead atoms. The molecule has 7 heteroatoms. The number of hydrogen-bond acceptors (Lipinski definition) is 6. The summed E-state index contributed by atoms with van der Waals surface area (Å²) in [6.45, 7) is 2.98. The fourth-order valence-corrected chi connectivity index (χ4v) is 5.19. The van der Waals surface area contributed by atoms with Crippen molar-refractivity contribution in [1.82, 2.24) is 20.2 Å². The van der Waals surface area contributed by atoms with Crippen LogP contribution in [0.15, 0.2) is 79.0 Å². The molecule has 4 aromatic rings. The van der Waals surface area contributed by atoms with Gasteiger partial charge in [-0.15, -0.1) is 0 Å². The lowest BCUT2D eigenvalue weighted by Gasteiger charge is -2.32. The van der Waals surface area contributed by atoms with E-state index in [0.29, 0.717) is 18.7 Å². The average Bonchev–Trinajstić information content (AvgIpc) is 3.36. The molecule has 186 valence electrons. The lowest BCUT2D eigenvalue weighted by Crippen LogP contribution is -2.40. The molecule has 1 atom stereocenters. The normalized spacial score (nSPS) is 16.5. The number of benzene rings is 3. The first-order chi connectivity index (χ1) is 18.1. The molecular weight excluding hydrogens is 462 g/mol. The number of amides is 1. The summed E-state index contributed by atoms with van der Waals surface area (Å²) in [5, 5.41) is 3.05. The van der Waals surface area contributed by atoms with Crippen molar-refractivity contribution in [1.29, 1.82) is 0 Å². The third kappa shape index (κ3) is 5.04. The summed E-state index contributed by atoms with van der Waals surface area (Å²) < 4.78 is 6.12. The number of aromatic nitrogens is 2. The summed E-state index contributed by atoms with van der Waals surface area (Å²) in [6, 6.07) is 24.6. The van der Waals surface area contributed by atoms with E-state index in [2.05, 4.69) is 50.5 Å².